The summed E-state index contributed by atoms with van der Waals surface area (Å²) in [6, 6.07) is 14.3. The van der Waals surface area contributed by atoms with Gasteiger partial charge in [-0.2, -0.15) is 14.6 Å². The highest BCUT2D eigenvalue weighted by atomic mass is 35.5. The quantitative estimate of drug-likeness (QED) is 0.403. The SMILES string of the molecule is O=c1c(Cl)c(N2CCC(n3nnc(-c4ccc(Cl)cc4)n3)CC2)cnn1-c1ccc(Cl)cc1. The third-order valence-corrected chi connectivity index (χ3v) is 6.49. The van der Waals surface area contributed by atoms with Crippen LogP contribution in [0, 0.1) is 0 Å². The Morgan fingerprint density at radius 1 is 0.879 bits per heavy atom. The van der Waals surface area contributed by atoms with Gasteiger partial charge in [-0.05, 0) is 66.6 Å². The van der Waals surface area contributed by atoms with Gasteiger partial charge in [-0.15, -0.1) is 10.2 Å². The highest BCUT2D eigenvalue weighted by Gasteiger charge is 2.25. The normalized spacial score (nSPS) is 14.6. The van der Waals surface area contributed by atoms with Crippen molar-refractivity contribution < 1.29 is 0 Å². The van der Waals surface area contributed by atoms with Gasteiger partial charge in [0.2, 0.25) is 5.82 Å². The second-order valence-electron chi connectivity index (χ2n) is 7.70. The summed E-state index contributed by atoms with van der Waals surface area (Å²) in [6.07, 6.45) is 3.20. The Morgan fingerprint density at radius 2 is 1.52 bits per heavy atom. The fourth-order valence-electron chi connectivity index (χ4n) is 3.84. The van der Waals surface area contributed by atoms with Crippen LogP contribution in [-0.4, -0.2) is 43.1 Å². The molecule has 2 aromatic heterocycles. The van der Waals surface area contributed by atoms with E-state index in [1.807, 2.05) is 12.1 Å². The predicted octanol–water partition coefficient (Wildman–Crippen LogP) is 4.69. The smallest absolute Gasteiger partial charge is 0.292 e. The second kappa shape index (κ2) is 9.13. The number of tetrazole rings is 1. The molecular formula is C22H18Cl3N7O. The van der Waals surface area contributed by atoms with Crippen LogP contribution < -0.4 is 10.5 Å². The van der Waals surface area contributed by atoms with Gasteiger partial charge < -0.3 is 4.90 Å². The molecule has 1 fully saturated rings. The molecule has 0 unspecified atom stereocenters. The summed E-state index contributed by atoms with van der Waals surface area (Å²) in [5.74, 6) is 0.562. The Labute approximate surface area is 204 Å². The van der Waals surface area contributed by atoms with Gasteiger partial charge in [0.05, 0.1) is 23.6 Å². The second-order valence-corrected chi connectivity index (χ2v) is 8.95. The number of benzene rings is 2. The summed E-state index contributed by atoms with van der Waals surface area (Å²) in [5, 5.41) is 18.7. The predicted molar refractivity (Wildman–Crippen MR) is 129 cm³/mol. The Kier molecular flexibility index (Phi) is 6.05. The van der Waals surface area contributed by atoms with Gasteiger partial charge in [0, 0.05) is 28.7 Å². The third-order valence-electron chi connectivity index (χ3n) is 5.63. The van der Waals surface area contributed by atoms with E-state index in [-0.39, 0.29) is 16.6 Å². The standard InChI is InChI=1S/C22H18Cl3N7O/c23-15-3-1-14(2-4-15)21-27-29-32(28-21)18-9-11-30(12-10-18)19-13-26-31(22(33)20(19)25)17-7-5-16(24)6-8-17/h1-8,13,18H,9-12H2. The molecule has 1 saturated heterocycles. The minimum Gasteiger partial charge on any atom is -0.369 e. The molecule has 2 aromatic carbocycles. The van der Waals surface area contributed by atoms with E-state index in [0.717, 1.165) is 18.4 Å². The summed E-state index contributed by atoms with van der Waals surface area (Å²) < 4.78 is 1.27. The number of piperidine rings is 1. The van der Waals surface area contributed by atoms with E-state index in [1.165, 1.54) is 4.68 Å². The molecule has 0 aliphatic carbocycles. The van der Waals surface area contributed by atoms with Crippen LogP contribution in [0.4, 0.5) is 5.69 Å². The number of hydrogen-bond acceptors (Lipinski definition) is 6. The van der Waals surface area contributed by atoms with Gasteiger partial charge in [-0.1, -0.05) is 34.8 Å². The third kappa shape index (κ3) is 4.46. The van der Waals surface area contributed by atoms with Crippen LogP contribution >= 0.6 is 34.8 Å². The summed E-state index contributed by atoms with van der Waals surface area (Å²) in [5.41, 5.74) is 1.72. The van der Waals surface area contributed by atoms with Crippen LogP contribution in [0.2, 0.25) is 15.1 Å². The average Bonchev–Trinajstić information content (AvgIpc) is 3.32. The number of nitrogens with zero attached hydrogens (tertiary/aromatic N) is 7. The van der Waals surface area contributed by atoms with Crippen LogP contribution in [0.3, 0.4) is 0 Å². The lowest BCUT2D eigenvalue weighted by Gasteiger charge is -2.33. The van der Waals surface area contributed by atoms with Crippen molar-refractivity contribution in [2.24, 2.45) is 0 Å². The lowest BCUT2D eigenvalue weighted by Crippen LogP contribution is -2.37. The molecule has 5 rings (SSSR count). The fourth-order valence-corrected chi connectivity index (χ4v) is 4.34. The molecular weight excluding hydrogens is 485 g/mol. The van der Waals surface area contributed by atoms with E-state index in [9.17, 15) is 4.79 Å². The molecule has 0 N–H and O–H groups in total. The number of hydrogen-bond donors (Lipinski definition) is 0. The molecule has 0 atom stereocenters. The Morgan fingerprint density at radius 3 is 2.18 bits per heavy atom. The van der Waals surface area contributed by atoms with Crippen LogP contribution in [0.5, 0.6) is 0 Å². The number of halogens is 3. The van der Waals surface area contributed by atoms with Crippen molar-refractivity contribution in [3.8, 4) is 17.1 Å². The van der Waals surface area contributed by atoms with E-state index in [4.69, 9.17) is 34.8 Å². The van der Waals surface area contributed by atoms with Crippen molar-refractivity contribution in [2.75, 3.05) is 18.0 Å². The van der Waals surface area contributed by atoms with Crippen molar-refractivity contribution in [2.45, 2.75) is 18.9 Å². The lowest BCUT2D eigenvalue weighted by atomic mass is 10.1. The molecule has 4 aromatic rings. The average molecular weight is 503 g/mol. The molecule has 8 nitrogen and oxygen atoms in total. The highest BCUT2D eigenvalue weighted by molar-refractivity contribution is 6.33. The van der Waals surface area contributed by atoms with E-state index in [2.05, 4.69) is 25.4 Å². The van der Waals surface area contributed by atoms with E-state index in [0.29, 0.717) is 40.3 Å². The Bertz CT molecular complexity index is 1330. The lowest BCUT2D eigenvalue weighted by molar-refractivity contribution is 0.328. The number of aromatic nitrogens is 6. The maximum Gasteiger partial charge on any atom is 0.292 e. The molecule has 11 heteroatoms. The van der Waals surface area contributed by atoms with Crippen molar-refractivity contribution >= 4 is 40.5 Å². The summed E-state index contributed by atoms with van der Waals surface area (Å²) in [4.78, 5) is 16.6. The largest absolute Gasteiger partial charge is 0.369 e. The molecule has 33 heavy (non-hydrogen) atoms. The fraction of sp³-hybridized carbons (Fsp3) is 0.227. The van der Waals surface area contributed by atoms with Gasteiger partial charge >= 0.3 is 0 Å². The van der Waals surface area contributed by atoms with Crippen LogP contribution in [0.15, 0.2) is 59.5 Å². The summed E-state index contributed by atoms with van der Waals surface area (Å²) in [7, 11) is 0. The van der Waals surface area contributed by atoms with Gasteiger partial charge in [-0.3, -0.25) is 4.79 Å². The zero-order valence-electron chi connectivity index (χ0n) is 17.3. The molecule has 3 heterocycles. The van der Waals surface area contributed by atoms with E-state index < -0.39 is 0 Å². The zero-order valence-corrected chi connectivity index (χ0v) is 19.5. The van der Waals surface area contributed by atoms with Gasteiger partial charge in [0.25, 0.3) is 5.56 Å². The van der Waals surface area contributed by atoms with Gasteiger partial charge in [0.1, 0.15) is 5.02 Å². The van der Waals surface area contributed by atoms with Crippen molar-refractivity contribution in [1.29, 1.82) is 0 Å². The molecule has 0 radical (unpaired) electrons. The molecule has 0 spiro atoms. The molecule has 1 aliphatic heterocycles. The molecule has 0 amide bonds. The molecule has 0 saturated carbocycles. The monoisotopic (exact) mass is 501 g/mol. The molecule has 0 bridgehead atoms. The van der Waals surface area contributed by atoms with E-state index >= 15 is 0 Å². The van der Waals surface area contributed by atoms with Crippen molar-refractivity contribution in [3.63, 3.8) is 0 Å². The van der Waals surface area contributed by atoms with E-state index in [1.54, 1.807) is 47.4 Å². The minimum atomic E-state index is -0.371. The summed E-state index contributed by atoms with van der Waals surface area (Å²) in [6.45, 7) is 1.38. The minimum absolute atomic E-state index is 0.107. The maximum atomic E-state index is 12.8. The molecule has 1 aliphatic rings. The van der Waals surface area contributed by atoms with Crippen molar-refractivity contribution in [1.82, 2.24) is 30.0 Å². The topological polar surface area (TPSA) is 81.7 Å². The van der Waals surface area contributed by atoms with Crippen molar-refractivity contribution in [3.05, 3.63) is 80.1 Å². The first kappa shape index (κ1) is 21.9. The van der Waals surface area contributed by atoms with Gasteiger partial charge in [-0.25, -0.2) is 0 Å². The Hall–Kier alpha value is -2.94. The van der Waals surface area contributed by atoms with Crippen LogP contribution in [0.1, 0.15) is 18.9 Å². The Balaban J connectivity index is 1.29. The first-order valence-corrected chi connectivity index (χ1v) is 11.5. The zero-order chi connectivity index (χ0) is 22.9. The molecule has 168 valence electrons. The number of anilines is 1. The number of rotatable bonds is 4. The van der Waals surface area contributed by atoms with Gasteiger partial charge in [0.15, 0.2) is 0 Å². The van der Waals surface area contributed by atoms with Crippen LogP contribution in [-0.2, 0) is 0 Å². The highest BCUT2D eigenvalue weighted by Crippen LogP contribution is 2.29. The maximum absolute atomic E-state index is 12.8. The van der Waals surface area contributed by atoms with Crippen LogP contribution in [0.25, 0.3) is 17.1 Å². The first-order valence-electron chi connectivity index (χ1n) is 10.3. The first-order chi connectivity index (χ1) is 16.0. The summed E-state index contributed by atoms with van der Waals surface area (Å²) >= 11 is 18.3.